The lowest BCUT2D eigenvalue weighted by atomic mass is 10.1. The number of aromatic nitrogens is 1. The van der Waals surface area contributed by atoms with Gasteiger partial charge in [-0.2, -0.15) is 5.26 Å². The zero-order chi connectivity index (χ0) is 18.8. The number of pyridine rings is 1. The quantitative estimate of drug-likeness (QED) is 0.532. The molecule has 3 aromatic rings. The van der Waals surface area contributed by atoms with Crippen molar-refractivity contribution >= 4 is 39.6 Å². The van der Waals surface area contributed by atoms with Crippen LogP contribution in [0.2, 0.25) is 5.02 Å². The summed E-state index contributed by atoms with van der Waals surface area (Å²) in [4.78, 5) is 14.8. The number of hydrogen-bond donors (Lipinski definition) is 1. The Bertz CT molecular complexity index is 1080. The molecule has 0 fully saturated rings. The van der Waals surface area contributed by atoms with Crippen molar-refractivity contribution in [3.63, 3.8) is 0 Å². The molecule has 0 bridgehead atoms. The fourth-order valence-electron chi connectivity index (χ4n) is 2.52. The number of nitrogens with one attached hydrogen (secondary N) is 1. The summed E-state index contributed by atoms with van der Waals surface area (Å²) < 4.78 is 19.1. The fourth-order valence-corrected chi connectivity index (χ4v) is 2.68. The fraction of sp³-hybridized carbons (Fsp3) is 0.0588. The second kappa shape index (κ2) is 6.82. The number of rotatable bonds is 4. The molecule has 1 aromatic heterocycles. The van der Waals surface area contributed by atoms with E-state index in [-0.39, 0.29) is 44.3 Å². The van der Waals surface area contributed by atoms with Gasteiger partial charge in [-0.1, -0.05) is 11.6 Å². The molecule has 0 saturated carbocycles. The van der Waals surface area contributed by atoms with Crippen LogP contribution in [0.1, 0.15) is 5.56 Å². The highest BCUT2D eigenvalue weighted by Crippen LogP contribution is 2.39. The highest BCUT2D eigenvalue weighted by molar-refractivity contribution is 6.30. The van der Waals surface area contributed by atoms with Crippen LogP contribution in [0.5, 0.6) is 5.75 Å². The van der Waals surface area contributed by atoms with Crippen molar-refractivity contribution in [2.45, 2.75) is 0 Å². The molecular weight excluding hydrogens is 363 g/mol. The van der Waals surface area contributed by atoms with E-state index >= 15 is 0 Å². The van der Waals surface area contributed by atoms with Gasteiger partial charge in [0.1, 0.15) is 11.9 Å². The molecule has 0 aliphatic carbocycles. The van der Waals surface area contributed by atoms with Crippen LogP contribution in [0.25, 0.3) is 10.9 Å². The van der Waals surface area contributed by atoms with Gasteiger partial charge in [0.15, 0.2) is 11.3 Å². The van der Waals surface area contributed by atoms with Crippen molar-refractivity contribution in [3.8, 4) is 11.8 Å². The molecule has 1 heterocycles. The topological polar surface area (TPSA) is 101 Å². The van der Waals surface area contributed by atoms with Gasteiger partial charge >= 0.3 is 5.69 Å². The average molecular weight is 373 g/mol. The minimum Gasteiger partial charge on any atom is -0.490 e. The maximum absolute atomic E-state index is 14.1. The third-order valence-electron chi connectivity index (χ3n) is 3.69. The first-order valence-electron chi connectivity index (χ1n) is 7.22. The molecule has 26 heavy (non-hydrogen) atoms. The zero-order valence-corrected chi connectivity index (χ0v) is 14.0. The summed E-state index contributed by atoms with van der Waals surface area (Å²) in [5.41, 5.74) is 0.0481. The predicted molar refractivity (Wildman–Crippen MR) is 94.4 cm³/mol. The van der Waals surface area contributed by atoms with E-state index in [4.69, 9.17) is 16.3 Å². The lowest BCUT2D eigenvalue weighted by Crippen LogP contribution is -2.01. The lowest BCUT2D eigenvalue weighted by Gasteiger charge is -2.13. The van der Waals surface area contributed by atoms with Gasteiger partial charge in [0.25, 0.3) is 0 Å². The molecule has 0 atom stereocenters. The lowest BCUT2D eigenvalue weighted by molar-refractivity contribution is -0.384. The minimum atomic E-state index is -0.630. The van der Waals surface area contributed by atoms with Crippen LogP contribution in [0, 0.1) is 27.3 Å². The number of halogens is 2. The Hall–Kier alpha value is -3.44. The molecule has 0 saturated heterocycles. The van der Waals surface area contributed by atoms with E-state index in [0.717, 1.165) is 6.07 Å². The predicted octanol–water partition coefficient (Wildman–Crippen LogP) is 4.56. The van der Waals surface area contributed by atoms with Crippen molar-refractivity contribution in [2.75, 3.05) is 12.4 Å². The van der Waals surface area contributed by atoms with Gasteiger partial charge in [0, 0.05) is 16.6 Å². The van der Waals surface area contributed by atoms with Gasteiger partial charge < -0.3 is 10.1 Å². The van der Waals surface area contributed by atoms with E-state index in [9.17, 15) is 19.8 Å². The van der Waals surface area contributed by atoms with Crippen molar-refractivity contribution in [3.05, 3.63) is 63.0 Å². The Morgan fingerprint density at radius 3 is 2.77 bits per heavy atom. The molecule has 9 heteroatoms. The second-order valence-electron chi connectivity index (χ2n) is 5.18. The highest BCUT2D eigenvalue weighted by Gasteiger charge is 2.23. The number of ether oxygens (including phenoxy) is 1. The van der Waals surface area contributed by atoms with Crippen molar-refractivity contribution < 1.29 is 14.1 Å². The van der Waals surface area contributed by atoms with Crippen molar-refractivity contribution in [1.29, 1.82) is 5.26 Å². The molecule has 0 radical (unpaired) electrons. The maximum atomic E-state index is 14.1. The van der Waals surface area contributed by atoms with Gasteiger partial charge in [-0.15, -0.1) is 0 Å². The van der Waals surface area contributed by atoms with Crippen LogP contribution >= 0.6 is 11.6 Å². The van der Waals surface area contributed by atoms with Crippen LogP contribution in [-0.4, -0.2) is 17.0 Å². The average Bonchev–Trinajstić information content (AvgIpc) is 2.62. The smallest absolute Gasteiger partial charge is 0.336 e. The second-order valence-corrected chi connectivity index (χ2v) is 5.61. The summed E-state index contributed by atoms with van der Waals surface area (Å²) in [5.74, 6) is -0.599. The standard InChI is InChI=1S/C17H10ClFN4O3/c1-26-14-5-3-11-15(22-13-4-2-10(18)6-12(13)19)9(7-20)8-21-16(11)17(14)23(24)25/h2-6,8H,1H3,(H,21,22). The van der Waals surface area contributed by atoms with Crippen LogP contribution in [-0.2, 0) is 0 Å². The van der Waals surface area contributed by atoms with Gasteiger partial charge in [0.2, 0.25) is 0 Å². The number of nitro benzene ring substituents is 1. The number of fused-ring (bicyclic) bond motifs is 1. The zero-order valence-electron chi connectivity index (χ0n) is 13.3. The van der Waals surface area contributed by atoms with Gasteiger partial charge in [0.05, 0.1) is 29.0 Å². The molecule has 130 valence electrons. The van der Waals surface area contributed by atoms with Gasteiger partial charge in [-0.05, 0) is 30.3 Å². The molecule has 1 N–H and O–H groups in total. The van der Waals surface area contributed by atoms with Crippen molar-refractivity contribution in [2.24, 2.45) is 0 Å². The number of nitro groups is 1. The Morgan fingerprint density at radius 1 is 1.38 bits per heavy atom. The molecule has 2 aromatic carbocycles. The molecule has 0 spiro atoms. The highest BCUT2D eigenvalue weighted by atomic mass is 35.5. The number of benzene rings is 2. The Morgan fingerprint density at radius 2 is 2.15 bits per heavy atom. The molecular formula is C17H10ClFN4O3. The van der Waals surface area contributed by atoms with E-state index in [2.05, 4.69) is 10.3 Å². The Balaban J connectivity index is 2.28. The number of methoxy groups -OCH3 is 1. The normalized spacial score (nSPS) is 10.4. The number of hydrogen-bond acceptors (Lipinski definition) is 6. The summed E-state index contributed by atoms with van der Waals surface area (Å²) in [6, 6.07) is 8.86. The van der Waals surface area contributed by atoms with E-state index in [1.807, 2.05) is 6.07 Å². The van der Waals surface area contributed by atoms with Gasteiger partial charge in [-0.25, -0.2) is 9.37 Å². The van der Waals surface area contributed by atoms with Crippen molar-refractivity contribution in [1.82, 2.24) is 4.98 Å². The van der Waals surface area contributed by atoms with E-state index in [1.54, 1.807) is 0 Å². The molecule has 0 amide bonds. The largest absolute Gasteiger partial charge is 0.490 e. The summed E-state index contributed by atoms with van der Waals surface area (Å²) in [6.07, 6.45) is 1.19. The van der Waals surface area contributed by atoms with Crippen LogP contribution in [0.15, 0.2) is 36.5 Å². The van der Waals surface area contributed by atoms with E-state index in [1.165, 1.54) is 37.6 Å². The summed E-state index contributed by atoms with van der Waals surface area (Å²) >= 11 is 5.74. The SMILES string of the molecule is COc1ccc2c(Nc3ccc(Cl)cc3F)c(C#N)cnc2c1[N+](=O)[O-]. The third kappa shape index (κ3) is 2.96. The van der Waals surface area contributed by atoms with E-state index in [0.29, 0.717) is 0 Å². The summed E-state index contributed by atoms with van der Waals surface area (Å²) in [7, 11) is 1.31. The molecule has 7 nitrogen and oxygen atoms in total. The first-order chi connectivity index (χ1) is 12.5. The number of anilines is 2. The first-order valence-corrected chi connectivity index (χ1v) is 7.60. The maximum Gasteiger partial charge on any atom is 0.336 e. The Labute approximate surface area is 151 Å². The molecule has 0 unspecified atom stereocenters. The number of nitrogens with zero attached hydrogens (tertiary/aromatic N) is 3. The molecule has 0 aliphatic rings. The third-order valence-corrected chi connectivity index (χ3v) is 3.92. The van der Waals surface area contributed by atoms with E-state index < -0.39 is 10.7 Å². The monoisotopic (exact) mass is 372 g/mol. The van der Waals surface area contributed by atoms with Gasteiger partial charge in [-0.3, -0.25) is 10.1 Å². The summed E-state index contributed by atoms with van der Waals surface area (Å²) in [5, 5.41) is 24.1. The molecule has 0 aliphatic heterocycles. The first kappa shape index (κ1) is 17.4. The van der Waals surface area contributed by atoms with Crippen LogP contribution < -0.4 is 10.1 Å². The Kier molecular flexibility index (Phi) is 4.56. The summed E-state index contributed by atoms with van der Waals surface area (Å²) in [6.45, 7) is 0. The van der Waals surface area contributed by atoms with Crippen LogP contribution in [0.4, 0.5) is 21.5 Å². The minimum absolute atomic E-state index is 0.0187. The van der Waals surface area contributed by atoms with Crippen LogP contribution in [0.3, 0.4) is 0 Å². The number of nitriles is 1. The molecule has 3 rings (SSSR count).